The van der Waals surface area contributed by atoms with E-state index >= 15 is 0 Å². The molecular formula is C15H12BrN3O. The Morgan fingerprint density at radius 1 is 1.05 bits per heavy atom. The van der Waals surface area contributed by atoms with E-state index in [0.717, 1.165) is 21.1 Å². The number of nitrogens with zero attached hydrogens (tertiary/aromatic N) is 2. The smallest absolute Gasteiger partial charge is 0.218 e. The summed E-state index contributed by atoms with van der Waals surface area (Å²) in [5, 5.41) is 19.1. The molecule has 0 aliphatic heterocycles. The van der Waals surface area contributed by atoms with Crippen LogP contribution in [0.4, 0.5) is 11.4 Å². The molecule has 0 saturated carbocycles. The zero-order valence-corrected chi connectivity index (χ0v) is 12.3. The SMILES string of the molecule is Cc1ccc(N=Nc2c(O)[nH]c3cc(Br)ccc23)cc1. The second kappa shape index (κ2) is 5.09. The van der Waals surface area contributed by atoms with Crippen molar-refractivity contribution in [2.45, 2.75) is 6.92 Å². The molecule has 0 atom stereocenters. The van der Waals surface area contributed by atoms with Crippen molar-refractivity contribution in [1.29, 1.82) is 0 Å². The molecule has 0 aliphatic rings. The summed E-state index contributed by atoms with van der Waals surface area (Å²) in [6, 6.07) is 13.4. The summed E-state index contributed by atoms with van der Waals surface area (Å²) in [6.07, 6.45) is 0. The first kappa shape index (κ1) is 12.9. The van der Waals surface area contributed by atoms with E-state index in [-0.39, 0.29) is 5.88 Å². The number of hydrogen-bond acceptors (Lipinski definition) is 3. The van der Waals surface area contributed by atoms with Crippen LogP contribution in [0.15, 0.2) is 57.2 Å². The van der Waals surface area contributed by atoms with Gasteiger partial charge in [0.05, 0.1) is 11.2 Å². The molecule has 0 fully saturated rings. The average molecular weight is 330 g/mol. The predicted octanol–water partition coefficient (Wildman–Crippen LogP) is 5.36. The van der Waals surface area contributed by atoms with Gasteiger partial charge in [0.1, 0.15) is 0 Å². The van der Waals surface area contributed by atoms with Crippen molar-refractivity contribution in [3.63, 3.8) is 0 Å². The molecule has 3 aromatic rings. The van der Waals surface area contributed by atoms with Crippen LogP contribution in [0.25, 0.3) is 10.9 Å². The van der Waals surface area contributed by atoms with Crippen LogP contribution in [0.2, 0.25) is 0 Å². The lowest BCUT2D eigenvalue weighted by atomic mass is 10.2. The van der Waals surface area contributed by atoms with Gasteiger partial charge in [0, 0.05) is 9.86 Å². The lowest BCUT2D eigenvalue weighted by Gasteiger charge is -1.94. The van der Waals surface area contributed by atoms with Gasteiger partial charge in [0.2, 0.25) is 5.88 Å². The number of halogens is 1. The monoisotopic (exact) mass is 329 g/mol. The van der Waals surface area contributed by atoms with Gasteiger partial charge in [-0.2, -0.15) is 5.11 Å². The van der Waals surface area contributed by atoms with Gasteiger partial charge < -0.3 is 10.1 Å². The molecule has 4 nitrogen and oxygen atoms in total. The van der Waals surface area contributed by atoms with Crippen molar-refractivity contribution < 1.29 is 5.11 Å². The van der Waals surface area contributed by atoms with Crippen molar-refractivity contribution in [2.24, 2.45) is 10.2 Å². The zero-order valence-electron chi connectivity index (χ0n) is 10.8. The predicted molar refractivity (Wildman–Crippen MR) is 83.0 cm³/mol. The molecule has 0 aliphatic carbocycles. The fourth-order valence-electron chi connectivity index (χ4n) is 1.96. The maximum absolute atomic E-state index is 9.92. The molecule has 1 heterocycles. The fraction of sp³-hybridized carbons (Fsp3) is 0.0667. The van der Waals surface area contributed by atoms with E-state index in [0.29, 0.717) is 5.69 Å². The normalized spacial score (nSPS) is 11.5. The molecule has 0 unspecified atom stereocenters. The Kier molecular flexibility index (Phi) is 3.28. The summed E-state index contributed by atoms with van der Waals surface area (Å²) < 4.78 is 0.938. The highest BCUT2D eigenvalue weighted by Gasteiger charge is 2.10. The topological polar surface area (TPSA) is 60.7 Å². The van der Waals surface area contributed by atoms with Gasteiger partial charge in [-0.1, -0.05) is 33.6 Å². The Labute approximate surface area is 124 Å². The number of H-pyrrole nitrogens is 1. The Hall–Kier alpha value is -2.14. The van der Waals surface area contributed by atoms with Crippen LogP contribution in [0.5, 0.6) is 5.88 Å². The molecule has 0 saturated heterocycles. The first-order chi connectivity index (χ1) is 9.63. The largest absolute Gasteiger partial charge is 0.493 e. The maximum Gasteiger partial charge on any atom is 0.218 e. The molecule has 0 spiro atoms. The highest BCUT2D eigenvalue weighted by Crippen LogP contribution is 2.37. The number of aryl methyl sites for hydroxylation is 1. The van der Waals surface area contributed by atoms with E-state index < -0.39 is 0 Å². The second-order valence-electron chi connectivity index (χ2n) is 4.55. The van der Waals surface area contributed by atoms with E-state index in [4.69, 9.17) is 0 Å². The summed E-state index contributed by atoms with van der Waals surface area (Å²) in [4.78, 5) is 2.89. The lowest BCUT2D eigenvalue weighted by molar-refractivity contribution is 0.459. The summed E-state index contributed by atoms with van der Waals surface area (Å²) in [6.45, 7) is 2.02. The third-order valence-electron chi connectivity index (χ3n) is 3.01. The molecule has 2 N–H and O–H groups in total. The number of fused-ring (bicyclic) bond motifs is 1. The Balaban J connectivity index is 2.02. The number of aromatic nitrogens is 1. The van der Waals surface area contributed by atoms with Gasteiger partial charge in [-0.25, -0.2) is 0 Å². The van der Waals surface area contributed by atoms with E-state index in [1.165, 1.54) is 5.56 Å². The third kappa shape index (κ3) is 2.44. The Morgan fingerprint density at radius 2 is 1.80 bits per heavy atom. The highest BCUT2D eigenvalue weighted by molar-refractivity contribution is 9.10. The first-order valence-electron chi connectivity index (χ1n) is 6.12. The average Bonchev–Trinajstić information content (AvgIpc) is 2.73. The van der Waals surface area contributed by atoms with Crippen molar-refractivity contribution in [3.05, 3.63) is 52.5 Å². The minimum Gasteiger partial charge on any atom is -0.493 e. The highest BCUT2D eigenvalue weighted by atomic mass is 79.9. The molecule has 100 valence electrons. The van der Waals surface area contributed by atoms with Crippen LogP contribution in [0.3, 0.4) is 0 Å². The molecule has 1 aromatic heterocycles. The van der Waals surface area contributed by atoms with E-state index in [2.05, 4.69) is 31.1 Å². The van der Waals surface area contributed by atoms with E-state index in [1.807, 2.05) is 49.4 Å². The van der Waals surface area contributed by atoms with Crippen LogP contribution in [-0.2, 0) is 0 Å². The Bertz CT molecular complexity index is 791. The fourth-order valence-corrected chi connectivity index (χ4v) is 2.32. The first-order valence-corrected chi connectivity index (χ1v) is 6.91. The van der Waals surface area contributed by atoms with E-state index in [1.54, 1.807) is 0 Å². The lowest BCUT2D eigenvalue weighted by Crippen LogP contribution is -1.68. The van der Waals surface area contributed by atoms with Crippen LogP contribution in [-0.4, -0.2) is 10.1 Å². The van der Waals surface area contributed by atoms with Gasteiger partial charge in [-0.05, 0) is 37.3 Å². The molecule has 0 amide bonds. The number of aromatic hydroxyl groups is 1. The summed E-state index contributed by atoms with van der Waals surface area (Å²) in [5.41, 5.74) is 3.19. The molecule has 0 radical (unpaired) electrons. The Morgan fingerprint density at radius 3 is 2.55 bits per heavy atom. The van der Waals surface area contributed by atoms with Crippen molar-refractivity contribution >= 4 is 38.2 Å². The van der Waals surface area contributed by atoms with Crippen LogP contribution in [0.1, 0.15) is 5.56 Å². The van der Waals surface area contributed by atoms with Crippen molar-refractivity contribution in [3.8, 4) is 5.88 Å². The van der Waals surface area contributed by atoms with Crippen LogP contribution >= 0.6 is 15.9 Å². The molecule has 2 aromatic carbocycles. The van der Waals surface area contributed by atoms with Crippen molar-refractivity contribution in [1.82, 2.24) is 4.98 Å². The van der Waals surface area contributed by atoms with Gasteiger partial charge in [-0.15, -0.1) is 5.11 Å². The van der Waals surface area contributed by atoms with E-state index in [9.17, 15) is 5.11 Å². The van der Waals surface area contributed by atoms with Crippen LogP contribution < -0.4 is 0 Å². The quantitative estimate of drug-likeness (QED) is 0.611. The second-order valence-corrected chi connectivity index (χ2v) is 5.46. The third-order valence-corrected chi connectivity index (χ3v) is 3.51. The summed E-state index contributed by atoms with van der Waals surface area (Å²) >= 11 is 3.39. The zero-order chi connectivity index (χ0) is 14.1. The summed E-state index contributed by atoms with van der Waals surface area (Å²) in [7, 11) is 0. The van der Waals surface area contributed by atoms with Crippen LogP contribution in [0, 0.1) is 6.92 Å². The van der Waals surface area contributed by atoms with Gasteiger partial charge in [0.15, 0.2) is 5.69 Å². The summed E-state index contributed by atoms with van der Waals surface area (Å²) in [5.74, 6) is 0.0222. The van der Waals surface area contributed by atoms with Gasteiger partial charge in [-0.3, -0.25) is 0 Å². The minimum atomic E-state index is 0.0222. The number of azo groups is 1. The standard InChI is InChI=1S/C15H12BrN3O/c1-9-2-5-11(6-3-9)18-19-14-12-7-4-10(16)8-13(12)17-15(14)20/h2-8,17,20H,1H3. The molecule has 3 rings (SSSR count). The molecule has 5 heteroatoms. The number of benzene rings is 2. The maximum atomic E-state index is 9.92. The number of hydrogen-bond donors (Lipinski definition) is 2. The molecule has 20 heavy (non-hydrogen) atoms. The number of aromatic amines is 1. The molecular weight excluding hydrogens is 318 g/mol. The number of nitrogens with one attached hydrogen (secondary N) is 1. The molecule has 0 bridgehead atoms. The minimum absolute atomic E-state index is 0.0222. The van der Waals surface area contributed by atoms with Gasteiger partial charge >= 0.3 is 0 Å². The number of rotatable bonds is 2. The van der Waals surface area contributed by atoms with Gasteiger partial charge in [0.25, 0.3) is 0 Å². The van der Waals surface area contributed by atoms with Crippen molar-refractivity contribution in [2.75, 3.05) is 0 Å².